The fraction of sp³-hybridized carbons (Fsp3) is 0.567. The van der Waals surface area contributed by atoms with E-state index in [1.807, 2.05) is 0 Å². The zero-order chi connectivity index (χ0) is 24.2. The number of anilines is 1. The largest absolute Gasteiger partial charge is 0.366 e. The highest BCUT2D eigenvalue weighted by Crippen LogP contribution is 2.54. The fourth-order valence-electron chi connectivity index (χ4n) is 7.83. The minimum atomic E-state index is -0.227. The second kappa shape index (κ2) is 9.14. The first-order chi connectivity index (χ1) is 17.7. The average Bonchev–Trinajstić information content (AvgIpc) is 3.65. The summed E-state index contributed by atoms with van der Waals surface area (Å²) in [6.07, 6.45) is 9.14. The van der Waals surface area contributed by atoms with E-state index in [2.05, 4.69) is 69.6 Å². The minimum Gasteiger partial charge on any atom is -0.366 e. The lowest BCUT2D eigenvalue weighted by Crippen LogP contribution is -2.49. The van der Waals surface area contributed by atoms with E-state index in [-0.39, 0.29) is 12.7 Å². The Labute approximate surface area is 213 Å². The molecule has 2 N–H and O–H groups in total. The number of para-hydroxylation sites is 1. The molecule has 5 nitrogen and oxygen atoms in total. The molecule has 0 spiro atoms. The molecular formula is C30H38FN5. The van der Waals surface area contributed by atoms with Crippen LogP contribution in [0.2, 0.25) is 0 Å². The number of likely N-dealkylation sites (tertiary alicyclic amines) is 1. The number of H-pyrrole nitrogens is 1. The molecule has 36 heavy (non-hydrogen) atoms. The Morgan fingerprint density at radius 1 is 1.14 bits per heavy atom. The number of aromatic nitrogens is 2. The topological polar surface area (TPSA) is 47.2 Å². The molecule has 5 aliphatic rings. The summed E-state index contributed by atoms with van der Waals surface area (Å²) in [5.74, 6) is 2.76. The second-order valence-electron chi connectivity index (χ2n) is 11.8. The SMILES string of the molecule is C[C@@H]1Cc2c([nH]c3ccccc23)[C@@H](c2ccc(N[C@H]3CCN(CCCF)C3)nc2)N1C1CC2CC1C2. The van der Waals surface area contributed by atoms with Crippen LogP contribution >= 0.6 is 0 Å². The van der Waals surface area contributed by atoms with Gasteiger partial charge in [-0.3, -0.25) is 9.29 Å². The number of aromatic amines is 1. The number of nitrogens with one attached hydrogen (secondary N) is 2. The van der Waals surface area contributed by atoms with E-state index in [9.17, 15) is 4.39 Å². The van der Waals surface area contributed by atoms with Crippen LogP contribution in [0, 0.1) is 11.8 Å². The van der Waals surface area contributed by atoms with Gasteiger partial charge < -0.3 is 15.2 Å². The van der Waals surface area contributed by atoms with Gasteiger partial charge in [0.15, 0.2) is 0 Å². The molecule has 3 saturated carbocycles. The minimum absolute atomic E-state index is 0.227. The van der Waals surface area contributed by atoms with Crippen LogP contribution in [0.5, 0.6) is 0 Å². The standard InChI is InChI=1S/C30H38FN5/c1-19-13-25-24-5-2-3-6-26(24)34-29(25)30(36(19)27-16-20-14-22(27)15-20)21-7-8-28(32-17-21)33-23-9-12-35(18-23)11-4-10-31/h2-3,5-8,17,19-20,22-23,27,30,34H,4,9-16,18H2,1H3,(H,32,33)/t19-,20?,22?,23+,27?,30-/m1/s1. The van der Waals surface area contributed by atoms with Gasteiger partial charge >= 0.3 is 0 Å². The van der Waals surface area contributed by atoms with E-state index < -0.39 is 0 Å². The van der Waals surface area contributed by atoms with Crippen LogP contribution in [0.15, 0.2) is 42.6 Å². The van der Waals surface area contributed by atoms with Crippen molar-refractivity contribution in [3.8, 4) is 0 Å². The summed E-state index contributed by atoms with van der Waals surface area (Å²) in [5, 5.41) is 5.02. The molecule has 1 saturated heterocycles. The van der Waals surface area contributed by atoms with Crippen LogP contribution in [0.4, 0.5) is 10.2 Å². The maximum absolute atomic E-state index is 12.6. The summed E-state index contributed by atoms with van der Waals surface area (Å²) in [7, 11) is 0. The average molecular weight is 488 g/mol. The van der Waals surface area contributed by atoms with Crippen LogP contribution in [-0.2, 0) is 6.42 Å². The lowest BCUT2D eigenvalue weighted by atomic mass is 9.82. The van der Waals surface area contributed by atoms with E-state index in [0.29, 0.717) is 24.5 Å². The zero-order valence-corrected chi connectivity index (χ0v) is 21.3. The molecule has 4 heterocycles. The van der Waals surface area contributed by atoms with Gasteiger partial charge in [0.1, 0.15) is 5.82 Å². The molecule has 8 rings (SSSR count). The lowest BCUT2D eigenvalue weighted by Gasteiger charge is -2.46. The third kappa shape index (κ3) is 3.84. The number of pyridine rings is 1. The maximum atomic E-state index is 12.6. The molecule has 4 fully saturated rings. The molecule has 1 aromatic carbocycles. The number of alkyl halides is 1. The Morgan fingerprint density at radius 3 is 2.81 bits per heavy atom. The Bertz CT molecular complexity index is 1220. The van der Waals surface area contributed by atoms with Crippen molar-refractivity contribution in [1.29, 1.82) is 0 Å². The first kappa shape index (κ1) is 22.7. The summed E-state index contributed by atoms with van der Waals surface area (Å²) < 4.78 is 12.6. The van der Waals surface area contributed by atoms with Gasteiger partial charge in [-0.2, -0.15) is 0 Å². The molecule has 3 aliphatic carbocycles. The third-order valence-corrected chi connectivity index (χ3v) is 9.54. The molecular weight excluding hydrogens is 449 g/mol. The van der Waals surface area contributed by atoms with Crippen molar-refractivity contribution in [1.82, 2.24) is 19.8 Å². The van der Waals surface area contributed by atoms with E-state index in [1.54, 1.807) is 0 Å². The van der Waals surface area contributed by atoms with Crippen LogP contribution in [0.25, 0.3) is 10.9 Å². The van der Waals surface area contributed by atoms with Crippen molar-refractivity contribution < 1.29 is 4.39 Å². The molecule has 0 radical (unpaired) electrons. The molecule has 2 aromatic heterocycles. The van der Waals surface area contributed by atoms with Gasteiger partial charge in [-0.05, 0) is 80.5 Å². The Kier molecular flexibility index (Phi) is 5.77. The number of nitrogens with zero attached hydrogens (tertiary/aromatic N) is 3. The molecule has 1 unspecified atom stereocenters. The number of rotatable bonds is 7. The number of hydrogen-bond donors (Lipinski definition) is 2. The predicted octanol–water partition coefficient (Wildman–Crippen LogP) is 5.54. The van der Waals surface area contributed by atoms with Gasteiger partial charge in [0.25, 0.3) is 0 Å². The summed E-state index contributed by atoms with van der Waals surface area (Å²) in [4.78, 5) is 14.0. The van der Waals surface area contributed by atoms with Gasteiger partial charge in [-0.25, -0.2) is 4.98 Å². The summed E-state index contributed by atoms with van der Waals surface area (Å²) in [6, 6.07) is 15.1. The smallest absolute Gasteiger partial charge is 0.126 e. The van der Waals surface area contributed by atoms with Crippen LogP contribution < -0.4 is 5.32 Å². The Hall–Kier alpha value is -2.44. The monoisotopic (exact) mass is 487 g/mol. The quantitative estimate of drug-likeness (QED) is 0.459. The Morgan fingerprint density at radius 2 is 2.03 bits per heavy atom. The summed E-state index contributed by atoms with van der Waals surface area (Å²) >= 11 is 0. The molecule has 4 atom stereocenters. The number of benzene rings is 1. The predicted molar refractivity (Wildman–Crippen MR) is 143 cm³/mol. The van der Waals surface area contributed by atoms with Crippen molar-refractivity contribution in [2.24, 2.45) is 11.8 Å². The Balaban J connectivity index is 1.18. The van der Waals surface area contributed by atoms with Crippen LogP contribution in [-0.4, -0.2) is 64.2 Å². The highest BCUT2D eigenvalue weighted by atomic mass is 19.1. The highest BCUT2D eigenvalue weighted by molar-refractivity contribution is 5.85. The summed E-state index contributed by atoms with van der Waals surface area (Å²) in [6.45, 7) is 5.07. The molecule has 190 valence electrons. The van der Waals surface area contributed by atoms with Gasteiger partial charge in [0, 0.05) is 60.6 Å². The molecule has 2 aliphatic heterocycles. The fourth-order valence-corrected chi connectivity index (χ4v) is 7.83. The first-order valence-corrected chi connectivity index (χ1v) is 14.1. The van der Waals surface area contributed by atoms with Crippen molar-refractivity contribution in [2.75, 3.05) is 31.6 Å². The zero-order valence-electron chi connectivity index (χ0n) is 21.3. The van der Waals surface area contributed by atoms with Gasteiger partial charge in [0.2, 0.25) is 0 Å². The normalized spacial score (nSPS) is 32.1. The third-order valence-electron chi connectivity index (χ3n) is 9.54. The molecule has 3 aromatic rings. The van der Waals surface area contributed by atoms with Gasteiger partial charge in [-0.15, -0.1) is 0 Å². The molecule has 2 bridgehead atoms. The summed E-state index contributed by atoms with van der Waals surface area (Å²) in [5.41, 5.74) is 5.41. The van der Waals surface area contributed by atoms with Gasteiger partial charge in [-0.1, -0.05) is 24.3 Å². The lowest BCUT2D eigenvalue weighted by molar-refractivity contribution is 0.0711. The van der Waals surface area contributed by atoms with Crippen molar-refractivity contribution in [2.45, 2.75) is 69.6 Å². The van der Waals surface area contributed by atoms with Gasteiger partial charge in [0.05, 0.1) is 12.7 Å². The number of fused-ring (bicyclic) bond motifs is 4. The van der Waals surface area contributed by atoms with E-state index in [1.165, 1.54) is 47.0 Å². The van der Waals surface area contributed by atoms with Crippen LogP contribution in [0.3, 0.4) is 0 Å². The first-order valence-electron chi connectivity index (χ1n) is 14.1. The molecule has 0 amide bonds. The van der Waals surface area contributed by atoms with Crippen molar-refractivity contribution in [3.05, 3.63) is 59.4 Å². The maximum Gasteiger partial charge on any atom is 0.126 e. The van der Waals surface area contributed by atoms with Crippen molar-refractivity contribution in [3.63, 3.8) is 0 Å². The van der Waals surface area contributed by atoms with Crippen LogP contribution in [0.1, 0.15) is 61.9 Å². The van der Waals surface area contributed by atoms with E-state index in [4.69, 9.17) is 4.98 Å². The number of halogens is 1. The van der Waals surface area contributed by atoms with Crippen molar-refractivity contribution >= 4 is 16.7 Å². The molecule has 6 heteroatoms. The van der Waals surface area contributed by atoms with E-state index >= 15 is 0 Å². The van der Waals surface area contributed by atoms with E-state index in [0.717, 1.165) is 50.1 Å². The second-order valence-corrected chi connectivity index (χ2v) is 11.8. The number of hydrogen-bond acceptors (Lipinski definition) is 4. The highest BCUT2D eigenvalue weighted by Gasteiger charge is 2.51.